The number of phosphoric acid groups is 1. The Morgan fingerprint density at radius 3 is 2.41 bits per heavy atom. The molecule has 2 heterocycles. The number of amidine groups is 1. The molecule has 1 aromatic heterocycles. The molecule has 4 rings (SSSR count). The summed E-state index contributed by atoms with van der Waals surface area (Å²) < 4.78 is 28.3. The highest BCUT2D eigenvalue weighted by atomic mass is 31.2. The molecule has 0 spiro atoms. The van der Waals surface area contributed by atoms with Crippen LogP contribution < -0.4 is 11.3 Å². The molecular formula is C30H37N4O6P. The predicted molar refractivity (Wildman–Crippen MR) is 162 cm³/mol. The van der Waals surface area contributed by atoms with Crippen molar-refractivity contribution in [2.24, 2.45) is 10.7 Å². The molecule has 0 saturated carbocycles. The van der Waals surface area contributed by atoms with E-state index < -0.39 is 7.82 Å². The van der Waals surface area contributed by atoms with Gasteiger partial charge in [-0.3, -0.25) is 23.2 Å². The van der Waals surface area contributed by atoms with Crippen LogP contribution in [-0.2, 0) is 29.5 Å². The van der Waals surface area contributed by atoms with Crippen LogP contribution in [0.15, 0.2) is 64.0 Å². The molecule has 0 fully saturated rings. The first kappa shape index (κ1) is 30.4. The second-order valence-electron chi connectivity index (χ2n) is 9.78. The molecule has 2 N–H and O–H groups in total. The van der Waals surface area contributed by atoms with Gasteiger partial charge in [0, 0.05) is 63.0 Å². The molecule has 41 heavy (non-hydrogen) atoms. The fourth-order valence-electron chi connectivity index (χ4n) is 4.84. The summed E-state index contributed by atoms with van der Waals surface area (Å²) in [6, 6.07) is 13.4. The van der Waals surface area contributed by atoms with Crippen molar-refractivity contribution in [2.75, 3.05) is 33.9 Å². The largest absolute Gasteiger partial charge is 0.474 e. The van der Waals surface area contributed by atoms with Gasteiger partial charge in [0.1, 0.15) is 5.84 Å². The minimum Gasteiger partial charge on any atom is -0.387 e. The number of amides is 1. The van der Waals surface area contributed by atoms with E-state index in [1.165, 1.54) is 18.8 Å². The third-order valence-electron chi connectivity index (χ3n) is 6.88. The monoisotopic (exact) mass is 580 g/mol. The standard InChI is InChI=1S/C30H37N4O6P/c1-5-12-33(13-6-2)29(35)25-18-24-8-7-22(19-27(24)32-28(31)20-25)21-9-10-26-23(17-21)11-14-34(30(26)36)15-16-40-41(37,38-3)39-4/h7-11,14,17-19H,5-6,12-13,15-16,20H2,1-4H3,(H2,31,32). The number of aliphatic imine (C=N–C) groups is 1. The fourth-order valence-corrected chi connectivity index (χ4v) is 5.51. The average Bonchev–Trinajstić information content (AvgIpc) is 3.15. The lowest BCUT2D eigenvalue weighted by Crippen LogP contribution is -2.34. The quantitative estimate of drug-likeness (QED) is 0.280. The van der Waals surface area contributed by atoms with E-state index >= 15 is 0 Å². The number of carbonyl (C=O) groups is 1. The van der Waals surface area contributed by atoms with Gasteiger partial charge in [0.15, 0.2) is 0 Å². The number of carbonyl (C=O) groups excluding carboxylic acids is 1. The summed E-state index contributed by atoms with van der Waals surface area (Å²) in [5.74, 6) is 0.394. The maximum atomic E-state index is 13.3. The predicted octanol–water partition coefficient (Wildman–Crippen LogP) is 5.51. The molecular weight excluding hydrogens is 543 g/mol. The zero-order valence-corrected chi connectivity index (χ0v) is 24.9. The molecule has 0 saturated heterocycles. The Morgan fingerprint density at radius 2 is 1.73 bits per heavy atom. The number of benzene rings is 2. The van der Waals surface area contributed by atoms with E-state index in [2.05, 4.69) is 18.8 Å². The average molecular weight is 581 g/mol. The van der Waals surface area contributed by atoms with Gasteiger partial charge in [-0.25, -0.2) is 9.56 Å². The lowest BCUT2D eigenvalue weighted by molar-refractivity contribution is -0.127. The minimum atomic E-state index is -3.61. The number of nitrogens with two attached hydrogens (primary N) is 1. The van der Waals surface area contributed by atoms with Crippen LogP contribution in [-0.4, -0.2) is 55.1 Å². The fraction of sp³-hybridized carbons (Fsp3) is 0.367. The molecule has 1 amide bonds. The highest BCUT2D eigenvalue weighted by Crippen LogP contribution is 2.47. The molecule has 0 aliphatic carbocycles. The van der Waals surface area contributed by atoms with Gasteiger partial charge < -0.3 is 15.2 Å². The SMILES string of the molecule is CCCN(CCC)C(=O)C1=Cc2ccc(-c3ccc4c(=O)n(CCOP(=O)(OC)OC)ccc4c3)cc2N=C(N)C1. The number of nitrogens with zero attached hydrogens (tertiary/aromatic N) is 3. The van der Waals surface area contributed by atoms with E-state index in [9.17, 15) is 14.2 Å². The van der Waals surface area contributed by atoms with Crippen molar-refractivity contribution < 1.29 is 22.9 Å². The van der Waals surface area contributed by atoms with Crippen molar-refractivity contribution in [3.05, 3.63) is 70.2 Å². The summed E-state index contributed by atoms with van der Waals surface area (Å²) in [6.45, 7) is 5.71. The topological polar surface area (TPSA) is 125 Å². The summed E-state index contributed by atoms with van der Waals surface area (Å²) in [7, 11) is -1.14. The van der Waals surface area contributed by atoms with Gasteiger partial charge in [-0.05, 0) is 59.7 Å². The van der Waals surface area contributed by atoms with Crippen LogP contribution in [0.4, 0.5) is 5.69 Å². The lowest BCUT2D eigenvalue weighted by Gasteiger charge is -2.22. The van der Waals surface area contributed by atoms with Crippen LogP contribution in [0.5, 0.6) is 0 Å². The molecule has 10 nitrogen and oxygen atoms in total. The second-order valence-corrected chi connectivity index (χ2v) is 11.7. The van der Waals surface area contributed by atoms with E-state index in [4.69, 9.17) is 19.3 Å². The Bertz CT molecular complexity index is 1580. The van der Waals surface area contributed by atoms with Gasteiger partial charge >= 0.3 is 7.82 Å². The molecule has 0 bridgehead atoms. The summed E-state index contributed by atoms with van der Waals surface area (Å²) in [5, 5.41) is 1.33. The molecule has 2 aromatic carbocycles. The van der Waals surface area contributed by atoms with Crippen molar-refractivity contribution in [2.45, 2.75) is 39.7 Å². The third-order valence-corrected chi connectivity index (χ3v) is 8.28. The Labute approximate surface area is 240 Å². The molecule has 0 radical (unpaired) electrons. The summed E-state index contributed by atoms with van der Waals surface area (Å²) >= 11 is 0. The molecule has 1 aliphatic heterocycles. The number of fused-ring (bicyclic) bond motifs is 2. The number of phosphoric ester groups is 1. The van der Waals surface area contributed by atoms with E-state index in [1.807, 2.05) is 47.4 Å². The maximum absolute atomic E-state index is 13.3. The summed E-state index contributed by atoms with van der Waals surface area (Å²) in [5.41, 5.74) is 10.1. The molecule has 0 atom stereocenters. The van der Waals surface area contributed by atoms with Crippen molar-refractivity contribution in [3.63, 3.8) is 0 Å². The Morgan fingerprint density at radius 1 is 1.05 bits per heavy atom. The van der Waals surface area contributed by atoms with Crippen molar-refractivity contribution in [1.29, 1.82) is 0 Å². The van der Waals surface area contributed by atoms with E-state index in [0.29, 0.717) is 42.0 Å². The normalized spacial score (nSPS) is 13.4. The van der Waals surface area contributed by atoms with Crippen LogP contribution in [0.1, 0.15) is 38.7 Å². The molecule has 3 aromatic rings. The van der Waals surface area contributed by atoms with Crippen LogP contribution in [0, 0.1) is 0 Å². The van der Waals surface area contributed by atoms with E-state index in [-0.39, 0.29) is 24.6 Å². The number of pyridine rings is 1. The van der Waals surface area contributed by atoms with E-state index in [0.717, 1.165) is 34.9 Å². The Kier molecular flexibility index (Phi) is 9.94. The number of hydrogen-bond donors (Lipinski definition) is 1. The van der Waals surface area contributed by atoms with Gasteiger partial charge in [0.25, 0.3) is 5.56 Å². The van der Waals surface area contributed by atoms with Crippen molar-refractivity contribution in [1.82, 2.24) is 9.47 Å². The number of rotatable bonds is 12. The van der Waals surface area contributed by atoms with Crippen LogP contribution >= 0.6 is 7.82 Å². The maximum Gasteiger partial charge on any atom is 0.474 e. The smallest absolute Gasteiger partial charge is 0.387 e. The highest BCUT2D eigenvalue weighted by Gasteiger charge is 2.23. The first-order valence-corrected chi connectivity index (χ1v) is 15.1. The molecule has 1 aliphatic rings. The zero-order chi connectivity index (χ0) is 29.6. The second kappa shape index (κ2) is 13.4. The van der Waals surface area contributed by atoms with Crippen molar-refractivity contribution in [3.8, 4) is 11.1 Å². The first-order valence-electron chi connectivity index (χ1n) is 13.7. The Balaban J connectivity index is 1.60. The minimum absolute atomic E-state index is 0.00179. The number of hydrogen-bond acceptors (Lipinski definition) is 8. The summed E-state index contributed by atoms with van der Waals surface area (Å²) in [6.07, 6.45) is 5.65. The van der Waals surface area contributed by atoms with Gasteiger partial charge in [-0.1, -0.05) is 32.0 Å². The number of aromatic nitrogens is 1. The first-order chi connectivity index (χ1) is 19.7. The van der Waals surface area contributed by atoms with Crippen molar-refractivity contribution >= 4 is 42.1 Å². The zero-order valence-electron chi connectivity index (χ0n) is 24.0. The summed E-state index contributed by atoms with van der Waals surface area (Å²) in [4.78, 5) is 32.8. The van der Waals surface area contributed by atoms with Crippen LogP contribution in [0.2, 0.25) is 0 Å². The van der Waals surface area contributed by atoms with Gasteiger partial charge in [0.2, 0.25) is 5.91 Å². The highest BCUT2D eigenvalue weighted by molar-refractivity contribution is 7.48. The third kappa shape index (κ3) is 7.02. The van der Waals surface area contributed by atoms with Gasteiger partial charge in [-0.15, -0.1) is 0 Å². The van der Waals surface area contributed by atoms with Crippen LogP contribution in [0.25, 0.3) is 28.0 Å². The van der Waals surface area contributed by atoms with Crippen LogP contribution in [0.3, 0.4) is 0 Å². The van der Waals surface area contributed by atoms with E-state index in [1.54, 1.807) is 12.3 Å². The van der Waals surface area contributed by atoms with Gasteiger partial charge in [0.05, 0.1) is 12.3 Å². The molecule has 218 valence electrons. The molecule has 11 heteroatoms. The lowest BCUT2D eigenvalue weighted by atomic mass is 9.99. The Hall–Kier alpha value is -3.56. The molecule has 0 unspecified atom stereocenters. The van der Waals surface area contributed by atoms with Gasteiger partial charge in [-0.2, -0.15) is 0 Å².